The molecule has 0 aliphatic rings. The largest absolute Gasteiger partial charge is 0.496 e. The smallest absolute Gasteiger partial charge is 0.307 e. The summed E-state index contributed by atoms with van der Waals surface area (Å²) in [5.74, 6) is 1.97. The number of nitrogens with one attached hydrogen (secondary N) is 1. The Kier molecular flexibility index (Phi) is 6.98. The molecule has 0 unspecified atom stereocenters. The predicted octanol–water partition coefficient (Wildman–Crippen LogP) is 4.60. The molecule has 1 aromatic heterocycles. The van der Waals surface area contributed by atoms with E-state index in [1.54, 1.807) is 50.6 Å². The lowest BCUT2D eigenvalue weighted by Gasteiger charge is -2.11. The highest BCUT2D eigenvalue weighted by Gasteiger charge is 2.12. The highest BCUT2D eigenvalue weighted by atomic mass is 35.5. The molecule has 2 aromatic carbocycles. The number of ether oxygens (including phenoxy) is 3. The summed E-state index contributed by atoms with van der Waals surface area (Å²) in [6, 6.07) is 13.9. The van der Waals surface area contributed by atoms with E-state index < -0.39 is 5.91 Å². The number of rotatable bonds is 8. The van der Waals surface area contributed by atoms with Gasteiger partial charge >= 0.3 is 5.91 Å². The Bertz CT molecular complexity index is 1060. The zero-order valence-electron chi connectivity index (χ0n) is 16.8. The van der Waals surface area contributed by atoms with Crippen molar-refractivity contribution in [2.75, 3.05) is 14.2 Å². The zero-order valence-corrected chi connectivity index (χ0v) is 17.5. The lowest BCUT2D eigenvalue weighted by molar-refractivity contribution is 0.0923. The first-order chi connectivity index (χ1) is 14.5. The number of para-hydroxylation sites is 1. The number of benzene rings is 2. The second-order valence-corrected chi connectivity index (χ2v) is 6.61. The van der Waals surface area contributed by atoms with Gasteiger partial charge in [-0.3, -0.25) is 4.79 Å². The maximum absolute atomic E-state index is 12.3. The molecule has 1 N–H and O–H groups in total. The maximum Gasteiger partial charge on any atom is 0.307 e. The van der Waals surface area contributed by atoms with E-state index in [4.69, 9.17) is 30.2 Å². The zero-order chi connectivity index (χ0) is 21.5. The Morgan fingerprint density at radius 3 is 2.63 bits per heavy atom. The van der Waals surface area contributed by atoms with Crippen LogP contribution in [0.5, 0.6) is 17.2 Å². The van der Waals surface area contributed by atoms with Gasteiger partial charge in [0.15, 0.2) is 5.76 Å². The summed E-state index contributed by atoms with van der Waals surface area (Å²) in [6.45, 7) is 2.02. The molecule has 0 saturated carbocycles. The molecule has 0 radical (unpaired) electrons. The Hall–Kier alpha value is -3.45. The molecule has 8 heteroatoms. The number of hydrogen-bond donors (Lipinski definition) is 1. The third-order valence-electron chi connectivity index (χ3n) is 4.27. The molecule has 1 amide bonds. The normalized spacial score (nSPS) is 10.8. The van der Waals surface area contributed by atoms with Crippen LogP contribution in [0, 0.1) is 6.92 Å². The van der Waals surface area contributed by atoms with Crippen LogP contribution in [0.3, 0.4) is 0 Å². The highest BCUT2D eigenvalue weighted by molar-refractivity contribution is 6.32. The topological polar surface area (TPSA) is 82.3 Å². The van der Waals surface area contributed by atoms with Gasteiger partial charge < -0.3 is 18.6 Å². The lowest BCUT2D eigenvalue weighted by atomic mass is 10.1. The summed E-state index contributed by atoms with van der Waals surface area (Å²) in [4.78, 5) is 12.3. The van der Waals surface area contributed by atoms with Crippen molar-refractivity contribution in [3.05, 3.63) is 76.2 Å². The fourth-order valence-corrected chi connectivity index (χ4v) is 2.98. The standard InChI is InChI=1S/C22H21ClN2O5/c1-14-18(27-2)10-8-15(21(14)28-3)12-24-25-22(26)20-11-9-16(30-20)13-29-19-7-5-4-6-17(19)23/h4-12H,13H2,1-3H3,(H,25,26). The average molecular weight is 429 g/mol. The minimum Gasteiger partial charge on any atom is -0.496 e. The number of carbonyl (C=O) groups is 1. The number of halogens is 1. The van der Waals surface area contributed by atoms with E-state index in [1.165, 1.54) is 6.21 Å². The molecule has 3 rings (SSSR count). The van der Waals surface area contributed by atoms with E-state index in [2.05, 4.69) is 10.5 Å². The molecule has 156 valence electrons. The summed E-state index contributed by atoms with van der Waals surface area (Å²) >= 11 is 6.05. The van der Waals surface area contributed by atoms with Crippen molar-refractivity contribution in [1.82, 2.24) is 5.43 Å². The van der Waals surface area contributed by atoms with Gasteiger partial charge in [-0.05, 0) is 43.3 Å². The molecule has 0 aliphatic carbocycles. The third-order valence-corrected chi connectivity index (χ3v) is 4.58. The van der Waals surface area contributed by atoms with Crippen LogP contribution in [0.25, 0.3) is 0 Å². The molecule has 0 fully saturated rings. The van der Waals surface area contributed by atoms with Crippen LogP contribution in [-0.4, -0.2) is 26.3 Å². The number of furan rings is 1. The molecule has 3 aromatic rings. The summed E-state index contributed by atoms with van der Waals surface area (Å²) in [7, 11) is 3.15. The van der Waals surface area contributed by atoms with Crippen molar-refractivity contribution in [3.63, 3.8) is 0 Å². The SMILES string of the molecule is COc1ccc(C=NNC(=O)c2ccc(COc3ccccc3Cl)o2)c(OC)c1C. The van der Waals surface area contributed by atoms with E-state index in [-0.39, 0.29) is 12.4 Å². The van der Waals surface area contributed by atoms with Crippen LogP contribution >= 0.6 is 11.6 Å². The number of amides is 1. The number of methoxy groups -OCH3 is 2. The van der Waals surface area contributed by atoms with Crippen molar-refractivity contribution < 1.29 is 23.4 Å². The van der Waals surface area contributed by atoms with E-state index in [9.17, 15) is 4.79 Å². The van der Waals surface area contributed by atoms with Gasteiger partial charge in [-0.1, -0.05) is 23.7 Å². The van der Waals surface area contributed by atoms with Crippen LogP contribution in [0.4, 0.5) is 0 Å². The van der Waals surface area contributed by atoms with Crippen LogP contribution in [0.1, 0.15) is 27.4 Å². The minimum atomic E-state index is -0.487. The molecule has 0 atom stereocenters. The first-order valence-electron chi connectivity index (χ1n) is 9.04. The fraction of sp³-hybridized carbons (Fsp3) is 0.182. The highest BCUT2D eigenvalue weighted by Crippen LogP contribution is 2.30. The number of carbonyl (C=O) groups excluding carboxylic acids is 1. The molecule has 1 heterocycles. The number of hydrazone groups is 1. The first-order valence-corrected chi connectivity index (χ1v) is 9.42. The lowest BCUT2D eigenvalue weighted by Crippen LogP contribution is -2.17. The molecule has 7 nitrogen and oxygen atoms in total. The molecule has 0 spiro atoms. The van der Waals surface area contributed by atoms with Crippen molar-refractivity contribution in [2.45, 2.75) is 13.5 Å². The fourth-order valence-electron chi connectivity index (χ4n) is 2.79. The Morgan fingerprint density at radius 2 is 1.90 bits per heavy atom. The van der Waals surface area contributed by atoms with Crippen LogP contribution < -0.4 is 19.6 Å². The Morgan fingerprint density at radius 1 is 1.10 bits per heavy atom. The van der Waals surface area contributed by atoms with Gasteiger partial charge in [0.1, 0.15) is 29.6 Å². The number of nitrogens with zero attached hydrogens (tertiary/aromatic N) is 1. The van der Waals surface area contributed by atoms with E-state index in [0.717, 1.165) is 5.56 Å². The van der Waals surface area contributed by atoms with Gasteiger partial charge in [-0.25, -0.2) is 5.43 Å². The molecule has 0 bridgehead atoms. The van der Waals surface area contributed by atoms with E-state index in [0.29, 0.717) is 33.6 Å². The average Bonchev–Trinajstić information content (AvgIpc) is 3.22. The van der Waals surface area contributed by atoms with E-state index >= 15 is 0 Å². The quantitative estimate of drug-likeness (QED) is 0.418. The van der Waals surface area contributed by atoms with Gasteiger partial charge in [-0.2, -0.15) is 5.10 Å². The summed E-state index contributed by atoms with van der Waals surface area (Å²) in [5, 5.41) is 4.48. The predicted molar refractivity (Wildman–Crippen MR) is 114 cm³/mol. The van der Waals surface area contributed by atoms with Gasteiger partial charge in [0.05, 0.1) is 25.5 Å². The minimum absolute atomic E-state index is 0.114. The van der Waals surface area contributed by atoms with Crippen LogP contribution in [0.2, 0.25) is 5.02 Å². The number of hydrogen-bond acceptors (Lipinski definition) is 6. The Balaban J connectivity index is 1.61. The molecular weight excluding hydrogens is 408 g/mol. The molecular formula is C22H21ClN2O5. The van der Waals surface area contributed by atoms with Gasteiger partial charge in [0, 0.05) is 11.1 Å². The summed E-state index contributed by atoms with van der Waals surface area (Å²) in [6.07, 6.45) is 1.49. The van der Waals surface area contributed by atoms with Crippen molar-refractivity contribution in [2.24, 2.45) is 5.10 Å². The van der Waals surface area contributed by atoms with Gasteiger partial charge in [-0.15, -0.1) is 0 Å². The van der Waals surface area contributed by atoms with Crippen molar-refractivity contribution in [1.29, 1.82) is 0 Å². The van der Waals surface area contributed by atoms with Crippen molar-refractivity contribution in [3.8, 4) is 17.2 Å². The molecule has 0 aliphatic heterocycles. The van der Waals surface area contributed by atoms with Crippen molar-refractivity contribution >= 4 is 23.7 Å². The third kappa shape index (κ3) is 4.93. The van der Waals surface area contributed by atoms with Crippen LogP contribution in [0.15, 0.2) is 58.0 Å². The molecule has 30 heavy (non-hydrogen) atoms. The van der Waals surface area contributed by atoms with Gasteiger partial charge in [0.2, 0.25) is 0 Å². The summed E-state index contributed by atoms with van der Waals surface area (Å²) < 4.78 is 21.8. The second kappa shape index (κ2) is 9.84. The summed E-state index contributed by atoms with van der Waals surface area (Å²) in [5.41, 5.74) is 3.97. The Labute approximate surface area is 179 Å². The van der Waals surface area contributed by atoms with Crippen LogP contribution in [-0.2, 0) is 6.61 Å². The second-order valence-electron chi connectivity index (χ2n) is 6.20. The van der Waals surface area contributed by atoms with E-state index in [1.807, 2.05) is 19.1 Å². The molecule has 0 saturated heterocycles. The maximum atomic E-state index is 12.3. The van der Waals surface area contributed by atoms with Gasteiger partial charge in [0.25, 0.3) is 0 Å². The monoisotopic (exact) mass is 428 g/mol. The first kappa shape index (κ1) is 21.3.